The lowest BCUT2D eigenvalue weighted by Gasteiger charge is -2.14. The summed E-state index contributed by atoms with van der Waals surface area (Å²) in [7, 11) is 3.41. The molecular weight excluding hydrogens is 326 g/mol. The number of para-hydroxylation sites is 1. The van der Waals surface area contributed by atoms with Crippen LogP contribution in [0, 0.1) is 0 Å². The molecule has 0 saturated heterocycles. The van der Waals surface area contributed by atoms with Gasteiger partial charge < -0.3 is 15.5 Å². The Hall–Kier alpha value is -2.53. The maximum Gasteiger partial charge on any atom is 0.319 e. The number of nitrogens with one attached hydrogen (secondary N) is 2. The Morgan fingerprint density at radius 3 is 2.29 bits per heavy atom. The van der Waals surface area contributed by atoms with Crippen molar-refractivity contribution < 1.29 is 9.59 Å². The molecule has 126 valence electrons. The highest BCUT2D eigenvalue weighted by Gasteiger charge is 2.11. The zero-order valence-electron chi connectivity index (χ0n) is 13.7. The molecule has 0 atom stereocenters. The third-order valence-corrected chi connectivity index (χ3v) is 3.87. The molecule has 0 heterocycles. The molecule has 2 aromatic carbocycles. The molecule has 2 rings (SSSR count). The smallest absolute Gasteiger partial charge is 0.319 e. The third kappa shape index (κ3) is 4.99. The first-order valence-electron chi connectivity index (χ1n) is 7.53. The summed E-state index contributed by atoms with van der Waals surface area (Å²) in [5, 5.41) is 6.15. The summed E-state index contributed by atoms with van der Waals surface area (Å²) in [6, 6.07) is 14.2. The average Bonchev–Trinajstić information content (AvgIpc) is 2.55. The highest BCUT2D eigenvalue weighted by atomic mass is 35.5. The van der Waals surface area contributed by atoms with E-state index in [0.717, 1.165) is 11.1 Å². The van der Waals surface area contributed by atoms with E-state index in [2.05, 4.69) is 10.6 Å². The Balaban J connectivity index is 1.99. The van der Waals surface area contributed by atoms with E-state index in [-0.39, 0.29) is 18.4 Å². The summed E-state index contributed by atoms with van der Waals surface area (Å²) in [6.45, 7) is 0.324. The molecule has 0 unspecified atom stereocenters. The number of halogens is 1. The standard InChI is InChI=1S/C18H20ClN3O2/c1-22(2)17(23)11-13-7-4-6-10-16(13)21-18(24)20-12-14-8-3-5-9-15(14)19/h3-10H,11-12H2,1-2H3,(H2,20,21,24). The predicted molar refractivity (Wildman–Crippen MR) is 96.2 cm³/mol. The number of nitrogens with zero attached hydrogens (tertiary/aromatic N) is 1. The second-order valence-corrected chi connectivity index (χ2v) is 5.93. The summed E-state index contributed by atoms with van der Waals surface area (Å²) in [6.07, 6.45) is 0.230. The number of likely N-dealkylation sites (N-methyl/N-ethyl adjacent to an activating group) is 1. The molecule has 0 bridgehead atoms. The Labute approximate surface area is 146 Å². The molecule has 0 aliphatic rings. The van der Waals surface area contributed by atoms with Gasteiger partial charge in [-0.3, -0.25) is 4.79 Å². The number of carbonyl (C=O) groups is 2. The maximum absolute atomic E-state index is 12.1. The number of anilines is 1. The highest BCUT2D eigenvalue weighted by molar-refractivity contribution is 6.31. The average molecular weight is 346 g/mol. The van der Waals surface area contributed by atoms with Crippen molar-refractivity contribution in [3.05, 3.63) is 64.7 Å². The van der Waals surface area contributed by atoms with Crippen LogP contribution in [0.25, 0.3) is 0 Å². The van der Waals surface area contributed by atoms with Gasteiger partial charge in [0.15, 0.2) is 0 Å². The number of hydrogen-bond acceptors (Lipinski definition) is 2. The first-order valence-corrected chi connectivity index (χ1v) is 7.91. The number of rotatable bonds is 5. The Morgan fingerprint density at radius 2 is 1.62 bits per heavy atom. The molecule has 24 heavy (non-hydrogen) atoms. The van der Waals surface area contributed by atoms with Crippen molar-refractivity contribution >= 4 is 29.2 Å². The lowest BCUT2D eigenvalue weighted by molar-refractivity contribution is -0.127. The number of benzene rings is 2. The highest BCUT2D eigenvalue weighted by Crippen LogP contribution is 2.17. The monoisotopic (exact) mass is 345 g/mol. The topological polar surface area (TPSA) is 61.4 Å². The normalized spacial score (nSPS) is 10.1. The van der Waals surface area contributed by atoms with Crippen molar-refractivity contribution in [2.24, 2.45) is 0 Å². The molecule has 6 heteroatoms. The van der Waals surface area contributed by atoms with Gasteiger partial charge in [0.05, 0.1) is 6.42 Å². The zero-order chi connectivity index (χ0) is 17.5. The van der Waals surface area contributed by atoms with Crippen LogP contribution < -0.4 is 10.6 Å². The van der Waals surface area contributed by atoms with Crippen LogP contribution in [0.1, 0.15) is 11.1 Å². The van der Waals surface area contributed by atoms with Crippen LogP contribution in [-0.4, -0.2) is 30.9 Å². The van der Waals surface area contributed by atoms with Gasteiger partial charge in [0.2, 0.25) is 5.91 Å². The summed E-state index contributed by atoms with van der Waals surface area (Å²) in [5.41, 5.74) is 2.22. The van der Waals surface area contributed by atoms with Gasteiger partial charge in [-0.25, -0.2) is 4.79 Å². The van der Waals surface area contributed by atoms with E-state index in [1.807, 2.05) is 36.4 Å². The van der Waals surface area contributed by atoms with Crippen molar-refractivity contribution in [1.29, 1.82) is 0 Å². The van der Waals surface area contributed by atoms with Crippen molar-refractivity contribution in [1.82, 2.24) is 10.2 Å². The fourth-order valence-corrected chi connectivity index (χ4v) is 2.30. The van der Waals surface area contributed by atoms with E-state index in [0.29, 0.717) is 17.3 Å². The third-order valence-electron chi connectivity index (χ3n) is 3.50. The molecule has 0 spiro atoms. The van der Waals surface area contributed by atoms with E-state index in [9.17, 15) is 9.59 Å². The number of urea groups is 1. The van der Waals surface area contributed by atoms with E-state index in [4.69, 9.17) is 11.6 Å². The maximum atomic E-state index is 12.1. The van der Waals surface area contributed by atoms with Gasteiger partial charge in [-0.1, -0.05) is 48.0 Å². The van der Waals surface area contributed by atoms with Crippen LogP contribution in [0.2, 0.25) is 5.02 Å². The first kappa shape index (κ1) is 17.8. The molecule has 0 aliphatic carbocycles. The van der Waals surface area contributed by atoms with Gasteiger partial charge in [-0.05, 0) is 23.3 Å². The molecule has 0 aliphatic heterocycles. The summed E-state index contributed by atoms with van der Waals surface area (Å²) < 4.78 is 0. The molecule has 2 aromatic rings. The molecule has 2 N–H and O–H groups in total. The lowest BCUT2D eigenvalue weighted by atomic mass is 10.1. The quantitative estimate of drug-likeness (QED) is 0.873. The van der Waals surface area contributed by atoms with Gasteiger partial charge in [-0.2, -0.15) is 0 Å². The molecule has 3 amide bonds. The van der Waals surface area contributed by atoms with Gasteiger partial charge in [0.1, 0.15) is 0 Å². The van der Waals surface area contributed by atoms with Crippen LogP contribution in [0.5, 0.6) is 0 Å². The van der Waals surface area contributed by atoms with Crippen molar-refractivity contribution in [3.8, 4) is 0 Å². The number of amides is 3. The SMILES string of the molecule is CN(C)C(=O)Cc1ccccc1NC(=O)NCc1ccccc1Cl. The minimum Gasteiger partial charge on any atom is -0.349 e. The number of carbonyl (C=O) groups excluding carboxylic acids is 2. The Kier molecular flexibility index (Phi) is 6.21. The van der Waals surface area contributed by atoms with Gasteiger partial charge >= 0.3 is 6.03 Å². The largest absolute Gasteiger partial charge is 0.349 e. The van der Waals surface area contributed by atoms with Crippen LogP contribution in [0.4, 0.5) is 10.5 Å². The minimum absolute atomic E-state index is 0.0271. The summed E-state index contributed by atoms with van der Waals surface area (Å²) >= 11 is 6.07. The van der Waals surface area contributed by atoms with Gasteiger partial charge in [0, 0.05) is 31.4 Å². The van der Waals surface area contributed by atoms with Gasteiger partial charge in [-0.15, -0.1) is 0 Å². The van der Waals surface area contributed by atoms with Gasteiger partial charge in [0.25, 0.3) is 0 Å². The number of hydrogen-bond donors (Lipinski definition) is 2. The van der Waals surface area contributed by atoms with E-state index in [1.54, 1.807) is 26.2 Å². The van der Waals surface area contributed by atoms with Crippen LogP contribution >= 0.6 is 11.6 Å². The fourth-order valence-electron chi connectivity index (χ4n) is 2.10. The molecule has 0 fully saturated rings. The Bertz CT molecular complexity index is 732. The second-order valence-electron chi connectivity index (χ2n) is 5.52. The van der Waals surface area contributed by atoms with Crippen molar-refractivity contribution in [2.75, 3.05) is 19.4 Å². The van der Waals surface area contributed by atoms with E-state index >= 15 is 0 Å². The summed E-state index contributed by atoms with van der Waals surface area (Å²) in [5.74, 6) is -0.0271. The lowest BCUT2D eigenvalue weighted by Crippen LogP contribution is -2.29. The molecular formula is C18H20ClN3O2. The van der Waals surface area contributed by atoms with Crippen molar-refractivity contribution in [2.45, 2.75) is 13.0 Å². The minimum atomic E-state index is -0.348. The second kappa shape index (κ2) is 8.36. The molecule has 5 nitrogen and oxygen atoms in total. The van der Waals surface area contributed by atoms with E-state index in [1.165, 1.54) is 4.90 Å². The van der Waals surface area contributed by atoms with Crippen molar-refractivity contribution in [3.63, 3.8) is 0 Å². The molecule has 0 radical (unpaired) electrons. The predicted octanol–water partition coefficient (Wildman–Crippen LogP) is 3.29. The van der Waals surface area contributed by atoms with Crippen LogP contribution in [0.15, 0.2) is 48.5 Å². The molecule has 0 aromatic heterocycles. The zero-order valence-corrected chi connectivity index (χ0v) is 14.4. The molecule has 0 saturated carbocycles. The summed E-state index contributed by atoms with van der Waals surface area (Å²) in [4.78, 5) is 25.5. The van der Waals surface area contributed by atoms with Crippen LogP contribution in [0.3, 0.4) is 0 Å². The Morgan fingerprint density at radius 1 is 1.00 bits per heavy atom. The fraction of sp³-hybridized carbons (Fsp3) is 0.222. The van der Waals surface area contributed by atoms with Crippen LogP contribution in [-0.2, 0) is 17.8 Å². The first-order chi connectivity index (χ1) is 11.5. The van der Waals surface area contributed by atoms with E-state index < -0.39 is 0 Å².